The number of benzene rings is 8. The van der Waals surface area contributed by atoms with Gasteiger partial charge in [0.05, 0.1) is 11.0 Å². The fourth-order valence-electron chi connectivity index (χ4n) is 7.54. The zero-order chi connectivity index (χ0) is 35.1. The Morgan fingerprint density at radius 3 is 1.36 bits per heavy atom. The molecule has 0 radical (unpaired) electrons. The molecule has 2 heterocycles. The van der Waals surface area contributed by atoms with Crippen LogP contribution in [0.15, 0.2) is 194 Å². The molecule has 8 aromatic carbocycles. The van der Waals surface area contributed by atoms with Crippen molar-refractivity contribution >= 4 is 32.6 Å². The summed E-state index contributed by atoms with van der Waals surface area (Å²) in [7, 11) is 0. The lowest BCUT2D eigenvalue weighted by Gasteiger charge is -2.14. The first-order valence-corrected chi connectivity index (χ1v) is 17.9. The first-order chi connectivity index (χ1) is 26.3. The molecule has 4 heteroatoms. The Morgan fingerprint density at radius 2 is 0.755 bits per heavy atom. The molecule has 0 fully saturated rings. The molecule has 0 saturated heterocycles. The molecule has 2 aromatic heterocycles. The summed E-state index contributed by atoms with van der Waals surface area (Å²) in [4.78, 5) is 15.5. The molecule has 0 aliphatic rings. The summed E-state index contributed by atoms with van der Waals surface area (Å²) in [6.07, 6.45) is 0. The van der Waals surface area contributed by atoms with Gasteiger partial charge < -0.3 is 4.57 Å². The monoisotopic (exact) mass is 676 g/mol. The molecule has 10 aromatic rings. The molecule has 10 rings (SSSR count). The van der Waals surface area contributed by atoms with Crippen LogP contribution in [-0.4, -0.2) is 19.5 Å². The Hall–Kier alpha value is -7.17. The third-order valence-electron chi connectivity index (χ3n) is 10.1. The van der Waals surface area contributed by atoms with Gasteiger partial charge in [0, 0.05) is 38.5 Å². The van der Waals surface area contributed by atoms with Crippen molar-refractivity contribution < 1.29 is 0 Å². The Bertz CT molecular complexity index is 2850. The van der Waals surface area contributed by atoms with Gasteiger partial charge in [0.15, 0.2) is 17.5 Å². The number of fused-ring (bicyclic) bond motifs is 4. The fourth-order valence-corrected chi connectivity index (χ4v) is 7.54. The van der Waals surface area contributed by atoms with Gasteiger partial charge in [0.25, 0.3) is 0 Å². The fraction of sp³-hybridized carbons (Fsp3) is 0. The van der Waals surface area contributed by atoms with E-state index in [0.29, 0.717) is 17.5 Å². The molecular formula is C49H32N4. The van der Waals surface area contributed by atoms with Crippen LogP contribution in [0.2, 0.25) is 0 Å². The summed E-state index contributed by atoms with van der Waals surface area (Å²) < 4.78 is 2.33. The van der Waals surface area contributed by atoms with Gasteiger partial charge in [-0.3, -0.25) is 0 Å². The van der Waals surface area contributed by atoms with Crippen molar-refractivity contribution in [1.82, 2.24) is 19.5 Å². The summed E-state index contributed by atoms with van der Waals surface area (Å²) in [5.74, 6) is 1.89. The van der Waals surface area contributed by atoms with Crippen molar-refractivity contribution in [3.63, 3.8) is 0 Å². The summed E-state index contributed by atoms with van der Waals surface area (Å²) in [5, 5.41) is 4.73. The number of rotatable bonds is 6. The smallest absolute Gasteiger partial charge is 0.164 e. The first-order valence-electron chi connectivity index (χ1n) is 17.9. The van der Waals surface area contributed by atoms with E-state index in [-0.39, 0.29) is 0 Å². The molecule has 0 atom stereocenters. The predicted octanol–water partition coefficient (Wildman–Crippen LogP) is 12.5. The second-order valence-corrected chi connectivity index (χ2v) is 13.2. The second kappa shape index (κ2) is 12.9. The van der Waals surface area contributed by atoms with Crippen molar-refractivity contribution in [1.29, 1.82) is 0 Å². The minimum atomic E-state index is 0.625. The Labute approximate surface area is 307 Å². The minimum absolute atomic E-state index is 0.625. The average Bonchev–Trinajstić information content (AvgIpc) is 3.58. The molecule has 0 aliphatic heterocycles. The molecular weight excluding hydrogens is 645 g/mol. The van der Waals surface area contributed by atoms with E-state index < -0.39 is 0 Å². The summed E-state index contributed by atoms with van der Waals surface area (Å²) in [5.41, 5.74) is 10.9. The molecule has 0 amide bonds. The van der Waals surface area contributed by atoms with E-state index in [4.69, 9.17) is 15.0 Å². The molecule has 53 heavy (non-hydrogen) atoms. The van der Waals surface area contributed by atoms with E-state index in [2.05, 4.69) is 193 Å². The van der Waals surface area contributed by atoms with Gasteiger partial charge in [-0.15, -0.1) is 0 Å². The van der Waals surface area contributed by atoms with Crippen LogP contribution >= 0.6 is 0 Å². The number of nitrogens with zero attached hydrogens (tertiary/aromatic N) is 4. The highest BCUT2D eigenvalue weighted by atomic mass is 15.0. The lowest BCUT2D eigenvalue weighted by Crippen LogP contribution is -2.01. The minimum Gasteiger partial charge on any atom is -0.309 e. The van der Waals surface area contributed by atoms with E-state index in [1.54, 1.807) is 0 Å². The lowest BCUT2D eigenvalue weighted by molar-refractivity contribution is 1.07. The molecule has 0 unspecified atom stereocenters. The Morgan fingerprint density at radius 1 is 0.302 bits per heavy atom. The SMILES string of the molecule is c1ccc(-c2ccc(-c3nc(-c4ccc(-n5c6ccccc6c6ccccc65)cc4)nc(-c4cccc5cccc(-c6ccccc6)c45)n3)cc2)cc1. The molecule has 0 spiro atoms. The molecule has 4 nitrogen and oxygen atoms in total. The molecule has 0 N–H and O–H groups in total. The van der Waals surface area contributed by atoms with Crippen LogP contribution in [-0.2, 0) is 0 Å². The first kappa shape index (κ1) is 30.6. The third-order valence-corrected chi connectivity index (χ3v) is 10.1. The lowest BCUT2D eigenvalue weighted by atomic mass is 9.94. The van der Waals surface area contributed by atoms with Gasteiger partial charge in [-0.05, 0) is 64.0 Å². The molecule has 248 valence electrons. The van der Waals surface area contributed by atoms with Crippen LogP contribution in [0.1, 0.15) is 0 Å². The van der Waals surface area contributed by atoms with Crippen molar-refractivity contribution in [2.45, 2.75) is 0 Å². The Kier molecular flexibility index (Phi) is 7.43. The molecule has 0 aliphatic carbocycles. The highest BCUT2D eigenvalue weighted by Gasteiger charge is 2.18. The van der Waals surface area contributed by atoms with Crippen molar-refractivity contribution in [2.75, 3.05) is 0 Å². The van der Waals surface area contributed by atoms with Gasteiger partial charge >= 0.3 is 0 Å². The maximum absolute atomic E-state index is 5.21. The van der Waals surface area contributed by atoms with Crippen LogP contribution in [0.25, 0.3) is 94.7 Å². The Balaban J connectivity index is 1.14. The van der Waals surface area contributed by atoms with E-state index >= 15 is 0 Å². The van der Waals surface area contributed by atoms with Crippen LogP contribution in [0.5, 0.6) is 0 Å². The maximum atomic E-state index is 5.21. The summed E-state index contributed by atoms with van der Waals surface area (Å²) in [6.45, 7) is 0. The molecule has 0 bridgehead atoms. The number of hydrogen-bond acceptors (Lipinski definition) is 3. The largest absolute Gasteiger partial charge is 0.309 e. The number of aromatic nitrogens is 4. The van der Waals surface area contributed by atoms with Crippen molar-refractivity contribution in [3.8, 4) is 62.1 Å². The second-order valence-electron chi connectivity index (χ2n) is 13.2. The summed E-state index contributed by atoms with van der Waals surface area (Å²) in [6, 6.07) is 68.0. The third kappa shape index (κ3) is 5.45. The van der Waals surface area contributed by atoms with E-state index in [0.717, 1.165) is 49.8 Å². The standard InChI is InChI=1S/C49H32N4/c1-3-13-33(14-4-1)34-25-27-37(28-26-34)47-50-48(38-29-31-39(32-30-38)53-44-23-9-7-19-41(44)42-20-8-10-24-45(42)53)52-49(51-47)43-22-12-18-36-17-11-21-40(46(36)43)35-15-5-2-6-16-35/h1-32H. The van der Waals surface area contributed by atoms with Crippen LogP contribution in [0.3, 0.4) is 0 Å². The number of para-hydroxylation sites is 2. The zero-order valence-corrected chi connectivity index (χ0v) is 28.8. The predicted molar refractivity (Wildman–Crippen MR) is 219 cm³/mol. The molecule has 0 saturated carbocycles. The summed E-state index contributed by atoms with van der Waals surface area (Å²) >= 11 is 0. The normalized spacial score (nSPS) is 11.4. The van der Waals surface area contributed by atoms with Crippen LogP contribution in [0, 0.1) is 0 Å². The van der Waals surface area contributed by atoms with Crippen molar-refractivity contribution in [2.24, 2.45) is 0 Å². The average molecular weight is 677 g/mol. The van der Waals surface area contributed by atoms with Gasteiger partial charge in [-0.2, -0.15) is 0 Å². The topological polar surface area (TPSA) is 43.6 Å². The van der Waals surface area contributed by atoms with E-state index in [9.17, 15) is 0 Å². The van der Waals surface area contributed by atoms with Crippen molar-refractivity contribution in [3.05, 3.63) is 194 Å². The van der Waals surface area contributed by atoms with Gasteiger partial charge in [0.1, 0.15) is 0 Å². The number of hydrogen-bond donors (Lipinski definition) is 0. The van der Waals surface area contributed by atoms with Gasteiger partial charge in [-0.25, -0.2) is 15.0 Å². The maximum Gasteiger partial charge on any atom is 0.164 e. The zero-order valence-electron chi connectivity index (χ0n) is 28.8. The van der Waals surface area contributed by atoms with E-state index in [1.807, 2.05) is 6.07 Å². The van der Waals surface area contributed by atoms with E-state index in [1.165, 1.54) is 27.4 Å². The highest BCUT2D eigenvalue weighted by Crippen LogP contribution is 2.37. The van der Waals surface area contributed by atoms with Crippen LogP contribution in [0.4, 0.5) is 0 Å². The highest BCUT2D eigenvalue weighted by molar-refractivity contribution is 6.09. The van der Waals surface area contributed by atoms with Gasteiger partial charge in [0.2, 0.25) is 0 Å². The quantitative estimate of drug-likeness (QED) is 0.176. The van der Waals surface area contributed by atoms with Crippen LogP contribution < -0.4 is 0 Å². The van der Waals surface area contributed by atoms with Gasteiger partial charge in [-0.1, -0.05) is 158 Å².